The lowest BCUT2D eigenvalue weighted by molar-refractivity contribution is -0.167. The molecule has 0 fully saturated rings. The molecule has 0 aliphatic carbocycles. The van der Waals surface area contributed by atoms with Gasteiger partial charge >= 0.3 is 17.9 Å². The fourth-order valence-corrected chi connectivity index (χ4v) is 6.24. The van der Waals surface area contributed by atoms with E-state index in [0.29, 0.717) is 19.3 Å². The van der Waals surface area contributed by atoms with Crippen LogP contribution in [0.1, 0.15) is 233 Å². The van der Waals surface area contributed by atoms with Crippen molar-refractivity contribution in [2.75, 3.05) is 13.2 Å². The van der Waals surface area contributed by atoms with Crippen molar-refractivity contribution in [3.63, 3.8) is 0 Å². The van der Waals surface area contributed by atoms with Crippen LogP contribution in [-0.4, -0.2) is 37.2 Å². The fourth-order valence-electron chi connectivity index (χ4n) is 6.24. The van der Waals surface area contributed by atoms with E-state index < -0.39 is 6.10 Å². The van der Waals surface area contributed by atoms with E-state index >= 15 is 0 Å². The van der Waals surface area contributed by atoms with Gasteiger partial charge in [-0.05, 0) is 25.2 Å². The standard InChI is InChI=1S/C43H82O6/c1-5-8-10-12-14-16-18-22-26-30-34-41(44)47-37-40(49-43(46)36-32-28-24-17-15-13-11-9-6-2)38-48-42(45)35-31-27-23-20-19-21-25-29-33-39(4)7-3/h39-40H,5-38H2,1-4H3/t39?,40-/m1/s1. The van der Waals surface area contributed by atoms with Crippen molar-refractivity contribution in [1.82, 2.24) is 0 Å². The molecule has 0 saturated carbocycles. The molecule has 0 aromatic rings. The average molecular weight is 695 g/mol. The van der Waals surface area contributed by atoms with Crippen LogP contribution in [0.5, 0.6) is 0 Å². The minimum atomic E-state index is -0.757. The first-order chi connectivity index (χ1) is 23.9. The van der Waals surface area contributed by atoms with E-state index in [2.05, 4.69) is 27.7 Å². The van der Waals surface area contributed by atoms with Gasteiger partial charge in [0.1, 0.15) is 13.2 Å². The Bertz CT molecular complexity index is 738. The van der Waals surface area contributed by atoms with Crippen molar-refractivity contribution >= 4 is 17.9 Å². The van der Waals surface area contributed by atoms with Gasteiger partial charge in [0.2, 0.25) is 0 Å². The largest absolute Gasteiger partial charge is 0.462 e. The van der Waals surface area contributed by atoms with Crippen molar-refractivity contribution in [1.29, 1.82) is 0 Å². The lowest BCUT2D eigenvalue weighted by atomic mass is 9.99. The smallest absolute Gasteiger partial charge is 0.306 e. The number of carbonyl (C=O) groups excluding carboxylic acids is 3. The van der Waals surface area contributed by atoms with Gasteiger partial charge in [-0.2, -0.15) is 0 Å². The molecule has 0 heterocycles. The summed E-state index contributed by atoms with van der Waals surface area (Å²) in [7, 11) is 0. The predicted octanol–water partition coefficient (Wildman–Crippen LogP) is 13.2. The van der Waals surface area contributed by atoms with Gasteiger partial charge in [-0.15, -0.1) is 0 Å². The molecule has 0 bridgehead atoms. The van der Waals surface area contributed by atoms with Gasteiger partial charge in [0.25, 0.3) is 0 Å². The second kappa shape index (κ2) is 37.7. The summed E-state index contributed by atoms with van der Waals surface area (Å²) in [6.07, 6.45) is 35.1. The van der Waals surface area contributed by atoms with Crippen LogP contribution >= 0.6 is 0 Å². The first-order valence-corrected chi connectivity index (χ1v) is 21.4. The molecule has 0 aromatic carbocycles. The molecular weight excluding hydrogens is 612 g/mol. The highest BCUT2D eigenvalue weighted by Crippen LogP contribution is 2.16. The molecule has 290 valence electrons. The normalized spacial score (nSPS) is 12.5. The molecule has 49 heavy (non-hydrogen) atoms. The van der Waals surface area contributed by atoms with E-state index in [1.54, 1.807) is 0 Å². The van der Waals surface area contributed by atoms with Gasteiger partial charge in [0.15, 0.2) is 6.10 Å². The zero-order valence-electron chi connectivity index (χ0n) is 33.1. The third kappa shape index (κ3) is 36.0. The van der Waals surface area contributed by atoms with Crippen LogP contribution < -0.4 is 0 Å². The lowest BCUT2D eigenvalue weighted by Gasteiger charge is -2.18. The van der Waals surface area contributed by atoms with Crippen molar-refractivity contribution in [3.05, 3.63) is 0 Å². The maximum Gasteiger partial charge on any atom is 0.306 e. The van der Waals surface area contributed by atoms with E-state index in [-0.39, 0.29) is 31.1 Å². The second-order valence-electron chi connectivity index (χ2n) is 14.9. The van der Waals surface area contributed by atoms with Crippen LogP contribution in [0.15, 0.2) is 0 Å². The Morgan fingerprint density at radius 3 is 1.06 bits per heavy atom. The maximum atomic E-state index is 12.6. The maximum absolute atomic E-state index is 12.6. The molecule has 0 spiro atoms. The third-order valence-electron chi connectivity index (χ3n) is 9.90. The average Bonchev–Trinajstić information content (AvgIpc) is 3.10. The number of hydrogen-bond donors (Lipinski definition) is 0. The summed E-state index contributed by atoms with van der Waals surface area (Å²) in [5.74, 6) is -0.0152. The van der Waals surface area contributed by atoms with Crippen LogP contribution in [0.2, 0.25) is 0 Å². The van der Waals surface area contributed by atoms with Gasteiger partial charge in [0, 0.05) is 19.3 Å². The van der Waals surface area contributed by atoms with Crippen molar-refractivity contribution in [3.8, 4) is 0 Å². The molecule has 0 aliphatic rings. The molecule has 0 N–H and O–H groups in total. The monoisotopic (exact) mass is 695 g/mol. The third-order valence-corrected chi connectivity index (χ3v) is 9.90. The Hall–Kier alpha value is -1.59. The molecule has 0 aromatic heterocycles. The highest BCUT2D eigenvalue weighted by molar-refractivity contribution is 5.71. The molecule has 0 saturated heterocycles. The summed E-state index contributed by atoms with van der Waals surface area (Å²) < 4.78 is 16.6. The Kier molecular flexibility index (Phi) is 36.4. The van der Waals surface area contributed by atoms with Crippen molar-refractivity contribution in [2.24, 2.45) is 5.92 Å². The van der Waals surface area contributed by atoms with E-state index in [4.69, 9.17) is 14.2 Å². The molecule has 2 atom stereocenters. The molecule has 0 rings (SSSR count). The molecule has 6 heteroatoms. The van der Waals surface area contributed by atoms with Gasteiger partial charge in [0.05, 0.1) is 0 Å². The summed E-state index contributed by atoms with van der Waals surface area (Å²) in [6, 6.07) is 0. The number of ether oxygens (including phenoxy) is 3. The van der Waals surface area contributed by atoms with Crippen LogP contribution in [0.4, 0.5) is 0 Å². The summed E-state index contributed by atoms with van der Waals surface area (Å²) >= 11 is 0. The second-order valence-corrected chi connectivity index (χ2v) is 14.9. The molecule has 0 aliphatic heterocycles. The zero-order chi connectivity index (χ0) is 36.0. The molecule has 1 unspecified atom stereocenters. The van der Waals surface area contributed by atoms with E-state index in [9.17, 15) is 14.4 Å². The molecular formula is C43H82O6. The highest BCUT2D eigenvalue weighted by atomic mass is 16.6. The van der Waals surface area contributed by atoms with Crippen LogP contribution in [0.25, 0.3) is 0 Å². The van der Waals surface area contributed by atoms with Crippen molar-refractivity contribution < 1.29 is 28.6 Å². The summed E-state index contributed by atoms with van der Waals surface area (Å²) in [5, 5.41) is 0. The number of esters is 3. The lowest BCUT2D eigenvalue weighted by Crippen LogP contribution is -2.30. The van der Waals surface area contributed by atoms with E-state index in [0.717, 1.165) is 63.7 Å². The summed E-state index contributed by atoms with van der Waals surface area (Å²) in [4.78, 5) is 37.5. The fraction of sp³-hybridized carbons (Fsp3) is 0.930. The van der Waals surface area contributed by atoms with E-state index in [1.165, 1.54) is 128 Å². The summed E-state index contributed by atoms with van der Waals surface area (Å²) in [5.41, 5.74) is 0. The minimum absolute atomic E-state index is 0.0648. The first-order valence-electron chi connectivity index (χ1n) is 21.4. The van der Waals surface area contributed by atoms with Crippen LogP contribution in [-0.2, 0) is 28.6 Å². The zero-order valence-corrected chi connectivity index (χ0v) is 33.1. The summed E-state index contributed by atoms with van der Waals surface area (Å²) in [6.45, 7) is 8.96. The number of hydrogen-bond acceptors (Lipinski definition) is 6. The van der Waals surface area contributed by atoms with Gasteiger partial charge in [-0.3, -0.25) is 14.4 Å². The number of unbranched alkanes of at least 4 members (excludes halogenated alkanes) is 24. The van der Waals surface area contributed by atoms with Gasteiger partial charge < -0.3 is 14.2 Å². The topological polar surface area (TPSA) is 78.9 Å². The Morgan fingerprint density at radius 2 is 0.714 bits per heavy atom. The van der Waals surface area contributed by atoms with E-state index in [1.807, 2.05) is 0 Å². The Balaban J connectivity index is 4.33. The number of rotatable bonds is 38. The Labute approximate surface area is 304 Å². The molecule has 6 nitrogen and oxygen atoms in total. The van der Waals surface area contributed by atoms with Gasteiger partial charge in [-0.25, -0.2) is 0 Å². The Morgan fingerprint density at radius 1 is 0.408 bits per heavy atom. The minimum Gasteiger partial charge on any atom is -0.462 e. The number of carbonyl (C=O) groups is 3. The quantitative estimate of drug-likeness (QED) is 0.0364. The van der Waals surface area contributed by atoms with Gasteiger partial charge in [-0.1, -0.05) is 195 Å². The first kappa shape index (κ1) is 47.4. The predicted molar refractivity (Wildman–Crippen MR) is 206 cm³/mol. The van der Waals surface area contributed by atoms with Crippen molar-refractivity contribution in [2.45, 2.75) is 239 Å². The van der Waals surface area contributed by atoms with Crippen LogP contribution in [0.3, 0.4) is 0 Å². The highest BCUT2D eigenvalue weighted by Gasteiger charge is 2.19. The molecule has 0 amide bonds. The molecule has 0 radical (unpaired) electrons. The van der Waals surface area contributed by atoms with Crippen LogP contribution in [0, 0.1) is 5.92 Å². The SMILES string of the molecule is CCCCCCCCCCCCC(=O)OC[C@H](COC(=O)CCCCCCCCCCC(C)CC)OC(=O)CCCCCCCCCCC.